The Balaban J connectivity index is 2.28. The summed E-state index contributed by atoms with van der Waals surface area (Å²) in [5.74, 6) is -0.846. The van der Waals surface area contributed by atoms with E-state index in [0.29, 0.717) is 10.4 Å². The van der Waals surface area contributed by atoms with Crippen molar-refractivity contribution in [1.82, 2.24) is 0 Å². The van der Waals surface area contributed by atoms with Gasteiger partial charge in [-0.25, -0.2) is 4.39 Å². The average Bonchev–Trinajstić information content (AvgIpc) is 2.78. The van der Waals surface area contributed by atoms with E-state index in [1.54, 1.807) is 6.07 Å². The first-order valence-electron chi connectivity index (χ1n) is 5.13. The minimum absolute atomic E-state index is 0.00424. The molecule has 0 spiro atoms. The molecular formula is C12H8BrFN2O2S. The van der Waals surface area contributed by atoms with Crippen molar-refractivity contribution in [2.45, 2.75) is 0 Å². The maximum Gasteiger partial charge on any atom is 0.291 e. The Bertz CT molecular complexity index is 657. The van der Waals surface area contributed by atoms with E-state index in [1.165, 1.54) is 18.2 Å². The van der Waals surface area contributed by atoms with Crippen molar-refractivity contribution in [1.29, 1.82) is 0 Å². The first kappa shape index (κ1) is 13.7. The molecule has 1 heterocycles. The Morgan fingerprint density at radius 1 is 1.37 bits per heavy atom. The van der Waals surface area contributed by atoms with Gasteiger partial charge >= 0.3 is 0 Å². The van der Waals surface area contributed by atoms with Crippen LogP contribution in [0.25, 0.3) is 0 Å². The van der Waals surface area contributed by atoms with Gasteiger partial charge in [-0.2, -0.15) is 0 Å². The lowest BCUT2D eigenvalue weighted by atomic mass is 10.1. The summed E-state index contributed by atoms with van der Waals surface area (Å²) in [5, 5.41) is 2.56. The normalized spacial score (nSPS) is 10.2. The van der Waals surface area contributed by atoms with Crippen molar-refractivity contribution in [2.75, 3.05) is 5.32 Å². The lowest BCUT2D eigenvalue weighted by Gasteiger charge is -2.09. The highest BCUT2D eigenvalue weighted by Gasteiger charge is 2.14. The van der Waals surface area contributed by atoms with Gasteiger partial charge in [0.25, 0.3) is 5.91 Å². The molecule has 0 fully saturated rings. The van der Waals surface area contributed by atoms with Gasteiger partial charge in [0, 0.05) is 5.56 Å². The summed E-state index contributed by atoms with van der Waals surface area (Å²) in [6.45, 7) is 0. The maximum atomic E-state index is 13.1. The number of furan rings is 1. The molecule has 0 atom stereocenters. The highest BCUT2D eigenvalue weighted by Crippen LogP contribution is 2.20. The van der Waals surface area contributed by atoms with E-state index < -0.39 is 11.7 Å². The maximum absolute atomic E-state index is 13.1. The lowest BCUT2D eigenvalue weighted by molar-refractivity contribution is 0.0995. The third kappa shape index (κ3) is 3.18. The zero-order valence-corrected chi connectivity index (χ0v) is 11.8. The number of thiocarbonyl (C=S) groups is 1. The number of anilines is 1. The van der Waals surface area contributed by atoms with Crippen LogP contribution >= 0.6 is 28.1 Å². The summed E-state index contributed by atoms with van der Waals surface area (Å²) in [6, 6.07) is 6.85. The van der Waals surface area contributed by atoms with Crippen molar-refractivity contribution in [3.63, 3.8) is 0 Å². The molecule has 98 valence electrons. The molecule has 3 N–H and O–H groups in total. The number of benzene rings is 1. The van der Waals surface area contributed by atoms with E-state index in [9.17, 15) is 9.18 Å². The standard InChI is InChI=1S/C12H8BrFN2O2S/c13-10-4-3-9(18-10)12(17)16-8-2-1-6(14)5-7(8)11(15)19/h1-5H,(H2,15,19)(H,16,17). The molecular weight excluding hydrogens is 335 g/mol. The predicted molar refractivity (Wildman–Crippen MR) is 76.6 cm³/mol. The summed E-state index contributed by atoms with van der Waals surface area (Å²) in [4.78, 5) is 11.9. The predicted octanol–water partition coefficient (Wildman–Crippen LogP) is 3.07. The molecule has 0 saturated carbocycles. The molecule has 7 heteroatoms. The van der Waals surface area contributed by atoms with Crippen molar-refractivity contribution in [3.05, 3.63) is 52.1 Å². The summed E-state index contributed by atoms with van der Waals surface area (Å²) in [5.41, 5.74) is 6.07. The van der Waals surface area contributed by atoms with Crippen LogP contribution < -0.4 is 11.1 Å². The van der Waals surface area contributed by atoms with Gasteiger partial charge < -0.3 is 15.5 Å². The first-order chi connectivity index (χ1) is 8.97. The molecule has 19 heavy (non-hydrogen) atoms. The van der Waals surface area contributed by atoms with E-state index in [2.05, 4.69) is 21.2 Å². The van der Waals surface area contributed by atoms with Gasteiger partial charge in [0.05, 0.1) is 5.69 Å². The number of carbonyl (C=O) groups excluding carboxylic acids is 1. The molecule has 0 aliphatic heterocycles. The Labute approximate surface area is 121 Å². The van der Waals surface area contributed by atoms with Crippen LogP contribution in [0.4, 0.5) is 10.1 Å². The van der Waals surface area contributed by atoms with Gasteiger partial charge in [-0.15, -0.1) is 0 Å². The first-order valence-corrected chi connectivity index (χ1v) is 6.33. The van der Waals surface area contributed by atoms with Crippen molar-refractivity contribution >= 4 is 44.7 Å². The summed E-state index contributed by atoms with van der Waals surface area (Å²) in [6.07, 6.45) is 0. The molecule has 0 unspecified atom stereocenters. The van der Waals surface area contributed by atoms with Crippen LogP contribution in [0.5, 0.6) is 0 Å². The van der Waals surface area contributed by atoms with Crippen molar-refractivity contribution in [3.8, 4) is 0 Å². The quantitative estimate of drug-likeness (QED) is 0.841. The fourth-order valence-electron chi connectivity index (χ4n) is 1.45. The van der Waals surface area contributed by atoms with Gasteiger partial charge in [0.15, 0.2) is 10.4 Å². The van der Waals surface area contributed by atoms with E-state index in [4.69, 9.17) is 22.4 Å². The third-order valence-electron chi connectivity index (χ3n) is 2.29. The minimum atomic E-state index is -0.485. The van der Waals surface area contributed by atoms with Crippen LogP contribution in [0.2, 0.25) is 0 Å². The van der Waals surface area contributed by atoms with E-state index in [1.807, 2.05) is 0 Å². The Morgan fingerprint density at radius 3 is 2.68 bits per heavy atom. The fourth-order valence-corrected chi connectivity index (χ4v) is 1.93. The fraction of sp³-hybridized carbons (Fsp3) is 0. The molecule has 0 saturated heterocycles. The number of amides is 1. The second-order valence-electron chi connectivity index (χ2n) is 3.61. The molecule has 2 aromatic rings. The smallest absolute Gasteiger partial charge is 0.291 e. The SMILES string of the molecule is NC(=S)c1cc(F)ccc1NC(=O)c1ccc(Br)o1. The number of hydrogen-bond acceptors (Lipinski definition) is 3. The molecule has 4 nitrogen and oxygen atoms in total. The molecule has 0 aliphatic rings. The Kier molecular flexibility index (Phi) is 3.96. The topological polar surface area (TPSA) is 68.3 Å². The molecule has 0 aliphatic carbocycles. The third-order valence-corrected chi connectivity index (χ3v) is 2.94. The molecule has 1 aromatic heterocycles. The molecule has 0 radical (unpaired) electrons. The average molecular weight is 343 g/mol. The number of hydrogen-bond donors (Lipinski definition) is 2. The summed E-state index contributed by atoms with van der Waals surface area (Å²) < 4.78 is 18.7. The van der Waals surface area contributed by atoms with Crippen molar-refractivity contribution in [2.24, 2.45) is 5.73 Å². The van der Waals surface area contributed by atoms with E-state index in [0.717, 1.165) is 6.07 Å². The van der Waals surface area contributed by atoms with Gasteiger partial charge in [-0.3, -0.25) is 4.79 Å². The van der Waals surface area contributed by atoms with E-state index >= 15 is 0 Å². The highest BCUT2D eigenvalue weighted by molar-refractivity contribution is 9.10. The van der Waals surface area contributed by atoms with Gasteiger partial charge in [0.2, 0.25) is 0 Å². The minimum Gasteiger partial charge on any atom is -0.444 e. The zero-order chi connectivity index (χ0) is 14.0. The second-order valence-corrected chi connectivity index (χ2v) is 4.83. The zero-order valence-electron chi connectivity index (χ0n) is 9.44. The number of nitrogens with one attached hydrogen (secondary N) is 1. The molecule has 1 aromatic carbocycles. The second kappa shape index (κ2) is 5.50. The van der Waals surface area contributed by atoms with Gasteiger partial charge in [0.1, 0.15) is 10.8 Å². The van der Waals surface area contributed by atoms with E-state index in [-0.39, 0.29) is 16.3 Å². The van der Waals surface area contributed by atoms with Gasteiger partial charge in [-0.1, -0.05) is 12.2 Å². The van der Waals surface area contributed by atoms with Crippen LogP contribution in [0, 0.1) is 5.82 Å². The molecule has 2 rings (SSSR count). The summed E-state index contributed by atoms with van der Waals surface area (Å²) in [7, 11) is 0. The van der Waals surface area contributed by atoms with Crippen LogP contribution in [0.3, 0.4) is 0 Å². The Hall–Kier alpha value is -1.73. The number of rotatable bonds is 3. The monoisotopic (exact) mass is 342 g/mol. The van der Waals surface area contributed by atoms with Crippen LogP contribution in [0.1, 0.15) is 16.1 Å². The Morgan fingerprint density at radius 2 is 2.11 bits per heavy atom. The van der Waals surface area contributed by atoms with Crippen molar-refractivity contribution < 1.29 is 13.6 Å². The molecule has 0 bridgehead atoms. The van der Waals surface area contributed by atoms with Crippen LogP contribution in [-0.2, 0) is 0 Å². The highest BCUT2D eigenvalue weighted by atomic mass is 79.9. The molecule has 1 amide bonds. The van der Waals surface area contributed by atoms with Gasteiger partial charge in [-0.05, 0) is 46.3 Å². The summed E-state index contributed by atoms with van der Waals surface area (Å²) >= 11 is 7.91. The number of nitrogens with two attached hydrogens (primary N) is 1. The lowest BCUT2D eigenvalue weighted by Crippen LogP contribution is -2.17. The number of halogens is 2. The van der Waals surface area contributed by atoms with Crippen LogP contribution in [0.15, 0.2) is 39.4 Å². The van der Waals surface area contributed by atoms with Crippen LogP contribution in [-0.4, -0.2) is 10.9 Å². The number of carbonyl (C=O) groups is 1. The largest absolute Gasteiger partial charge is 0.444 e.